The quantitative estimate of drug-likeness (QED) is 0.187. The van der Waals surface area contributed by atoms with Crippen LogP contribution >= 0.6 is 0 Å². The lowest BCUT2D eigenvalue weighted by Gasteiger charge is -2.57. The molecule has 0 amide bonds. The average Bonchev–Trinajstić information content (AvgIpc) is 3.54. The van der Waals surface area contributed by atoms with Crippen molar-refractivity contribution in [3.63, 3.8) is 0 Å². The Kier molecular flexibility index (Phi) is 6.58. The molecule has 0 heterocycles. The van der Waals surface area contributed by atoms with Crippen LogP contribution in [-0.2, 0) is 18.3 Å². The normalized spacial score (nSPS) is 24.4. The van der Waals surface area contributed by atoms with E-state index in [-0.39, 0.29) is 0 Å². The minimum atomic E-state index is 0.414. The zero-order chi connectivity index (χ0) is 29.8. The van der Waals surface area contributed by atoms with Gasteiger partial charge in [-0.15, -0.1) is 0 Å². The molecule has 0 N–H and O–H groups in total. The van der Waals surface area contributed by atoms with E-state index in [4.69, 9.17) is 0 Å². The first kappa shape index (κ1) is 27.0. The highest BCUT2D eigenvalue weighted by Gasteiger charge is 2.51. The summed E-state index contributed by atoms with van der Waals surface area (Å²) in [7, 11) is 0. The molecule has 4 saturated carbocycles. The Bertz CT molecular complexity index is 1770. The van der Waals surface area contributed by atoms with Crippen molar-refractivity contribution in [2.24, 2.45) is 17.8 Å². The number of fused-ring (bicyclic) bond motifs is 1. The van der Waals surface area contributed by atoms with Gasteiger partial charge in [0.1, 0.15) is 0 Å². The Hall–Kier alpha value is -4.30. The smallest absolute Gasteiger partial charge is 0.0482 e. The van der Waals surface area contributed by atoms with E-state index in [2.05, 4.69) is 137 Å². The summed E-state index contributed by atoms with van der Waals surface area (Å²) in [6.07, 6.45) is 12.3. The molecule has 5 aromatic rings. The zero-order valence-corrected chi connectivity index (χ0v) is 26.1. The molecule has 0 aliphatic heterocycles. The number of para-hydroxylation sites is 2. The summed E-state index contributed by atoms with van der Waals surface area (Å²) in [5.74, 6) is 2.87. The van der Waals surface area contributed by atoms with Crippen LogP contribution in [-0.4, -0.2) is 0 Å². The molecule has 0 unspecified atom stereocenters. The van der Waals surface area contributed by atoms with E-state index in [1.807, 2.05) is 0 Å². The summed E-state index contributed by atoms with van der Waals surface area (Å²) < 4.78 is 0. The third-order valence-corrected chi connectivity index (χ3v) is 11.5. The fourth-order valence-electron chi connectivity index (χ4n) is 9.95. The van der Waals surface area contributed by atoms with Gasteiger partial charge in [0.15, 0.2) is 0 Å². The number of hydrogen-bond acceptors (Lipinski definition) is 2. The second-order valence-electron chi connectivity index (χ2n) is 14.4. The third kappa shape index (κ3) is 4.86. The molecule has 2 heteroatoms. The number of rotatable bonds is 7. The molecule has 10 rings (SSSR count). The van der Waals surface area contributed by atoms with Gasteiger partial charge in [-0.1, -0.05) is 60.7 Å². The standard InChI is InChI=1S/C43H42N2/c1-3-11-37(12-4-1)44(39-21-18-36(19-22-39)43-28-31-23-32(29-43)25-33(24-31)30-43)40-15-8-16-41(27-40)45(38-13-5-2-6-14-38)42-20-17-34-9-7-10-35(34)26-42/h1-6,8,11-22,26-27,31-33H,7,9-10,23-25,28-30H2. The fraction of sp³-hybridized carbons (Fsp3) is 0.302. The van der Waals surface area contributed by atoms with Gasteiger partial charge in [-0.25, -0.2) is 0 Å². The van der Waals surface area contributed by atoms with Gasteiger partial charge < -0.3 is 9.80 Å². The van der Waals surface area contributed by atoms with Gasteiger partial charge in [-0.2, -0.15) is 0 Å². The first-order chi connectivity index (χ1) is 22.2. The molecule has 0 saturated heterocycles. The van der Waals surface area contributed by atoms with Crippen molar-refractivity contribution in [2.75, 3.05) is 9.80 Å². The van der Waals surface area contributed by atoms with Crippen LogP contribution in [0.3, 0.4) is 0 Å². The summed E-state index contributed by atoms with van der Waals surface area (Å²) in [6, 6.07) is 47.6. The molecule has 5 aromatic carbocycles. The summed E-state index contributed by atoms with van der Waals surface area (Å²) in [5.41, 5.74) is 12.1. The monoisotopic (exact) mass is 586 g/mol. The summed E-state index contributed by atoms with van der Waals surface area (Å²) in [5, 5.41) is 0. The van der Waals surface area contributed by atoms with Crippen LogP contribution in [0.25, 0.3) is 0 Å². The fourth-order valence-corrected chi connectivity index (χ4v) is 9.95. The lowest BCUT2D eigenvalue weighted by atomic mass is 9.48. The Balaban J connectivity index is 1.11. The van der Waals surface area contributed by atoms with Crippen molar-refractivity contribution in [2.45, 2.75) is 63.2 Å². The van der Waals surface area contributed by atoms with E-state index >= 15 is 0 Å². The van der Waals surface area contributed by atoms with Gasteiger partial charge in [-0.3, -0.25) is 0 Å². The highest BCUT2D eigenvalue weighted by molar-refractivity contribution is 5.83. The summed E-state index contributed by atoms with van der Waals surface area (Å²) >= 11 is 0. The maximum absolute atomic E-state index is 2.48. The van der Waals surface area contributed by atoms with Gasteiger partial charge >= 0.3 is 0 Å². The molecular weight excluding hydrogens is 544 g/mol. The van der Waals surface area contributed by atoms with Crippen LogP contribution in [0.1, 0.15) is 61.6 Å². The Labute approximate surface area is 268 Å². The molecule has 4 fully saturated rings. The van der Waals surface area contributed by atoms with Gasteiger partial charge in [0, 0.05) is 34.1 Å². The van der Waals surface area contributed by atoms with Crippen molar-refractivity contribution in [3.05, 3.63) is 144 Å². The van der Waals surface area contributed by atoms with Gasteiger partial charge in [0.05, 0.1) is 0 Å². The molecule has 224 valence electrons. The van der Waals surface area contributed by atoms with Gasteiger partial charge in [0.25, 0.3) is 0 Å². The van der Waals surface area contributed by atoms with Crippen molar-refractivity contribution in [1.29, 1.82) is 0 Å². The first-order valence-corrected chi connectivity index (χ1v) is 17.2. The Morgan fingerprint density at radius 1 is 0.422 bits per heavy atom. The first-order valence-electron chi connectivity index (χ1n) is 17.2. The molecule has 0 radical (unpaired) electrons. The average molecular weight is 587 g/mol. The number of nitrogens with zero attached hydrogens (tertiary/aromatic N) is 2. The van der Waals surface area contributed by atoms with Crippen LogP contribution in [0.5, 0.6) is 0 Å². The van der Waals surface area contributed by atoms with Crippen molar-refractivity contribution in [3.8, 4) is 0 Å². The highest BCUT2D eigenvalue weighted by atomic mass is 15.2. The van der Waals surface area contributed by atoms with Crippen LogP contribution in [0.4, 0.5) is 34.1 Å². The second-order valence-corrected chi connectivity index (χ2v) is 14.4. The highest BCUT2D eigenvalue weighted by Crippen LogP contribution is 2.61. The predicted molar refractivity (Wildman–Crippen MR) is 188 cm³/mol. The minimum Gasteiger partial charge on any atom is -0.310 e. The largest absolute Gasteiger partial charge is 0.310 e. The number of anilines is 6. The number of hydrogen-bond donors (Lipinski definition) is 0. The molecule has 5 aliphatic carbocycles. The van der Waals surface area contributed by atoms with E-state index < -0.39 is 0 Å². The molecule has 5 aliphatic rings. The SMILES string of the molecule is c1ccc(N(c2ccc(C34CC5CC(CC(C5)C3)C4)cc2)c2cccc(N(c3ccccc3)c3ccc4c(c3)CCC4)c2)cc1. The van der Waals surface area contributed by atoms with Gasteiger partial charge in [-0.05, 0) is 164 Å². The van der Waals surface area contributed by atoms with Crippen LogP contribution in [0.15, 0.2) is 127 Å². The van der Waals surface area contributed by atoms with E-state index in [0.29, 0.717) is 5.41 Å². The van der Waals surface area contributed by atoms with E-state index in [1.165, 1.54) is 103 Å². The van der Waals surface area contributed by atoms with Crippen LogP contribution in [0.2, 0.25) is 0 Å². The number of benzene rings is 5. The van der Waals surface area contributed by atoms with Crippen molar-refractivity contribution in [1.82, 2.24) is 0 Å². The Morgan fingerprint density at radius 2 is 0.889 bits per heavy atom. The van der Waals surface area contributed by atoms with Crippen molar-refractivity contribution < 1.29 is 0 Å². The maximum Gasteiger partial charge on any atom is 0.0482 e. The maximum atomic E-state index is 2.48. The van der Waals surface area contributed by atoms with E-state index in [9.17, 15) is 0 Å². The third-order valence-electron chi connectivity index (χ3n) is 11.5. The Morgan fingerprint density at radius 3 is 1.49 bits per heavy atom. The van der Waals surface area contributed by atoms with Gasteiger partial charge in [0.2, 0.25) is 0 Å². The molecule has 0 aromatic heterocycles. The zero-order valence-electron chi connectivity index (χ0n) is 26.1. The van der Waals surface area contributed by atoms with Crippen LogP contribution < -0.4 is 9.80 Å². The molecule has 0 spiro atoms. The molecule has 0 atom stereocenters. The number of aryl methyl sites for hydroxylation is 2. The summed E-state index contributed by atoms with van der Waals surface area (Å²) in [6.45, 7) is 0. The molecule has 2 nitrogen and oxygen atoms in total. The lowest BCUT2D eigenvalue weighted by molar-refractivity contribution is -0.00518. The van der Waals surface area contributed by atoms with E-state index in [0.717, 1.165) is 17.8 Å². The molecule has 4 bridgehead atoms. The molecule has 45 heavy (non-hydrogen) atoms. The summed E-state index contributed by atoms with van der Waals surface area (Å²) in [4.78, 5) is 4.85. The van der Waals surface area contributed by atoms with Crippen LogP contribution in [0, 0.1) is 17.8 Å². The predicted octanol–water partition coefficient (Wildman–Crippen LogP) is 11.6. The topological polar surface area (TPSA) is 6.48 Å². The minimum absolute atomic E-state index is 0.414. The second kappa shape index (κ2) is 10.9. The molecular formula is C43H42N2. The van der Waals surface area contributed by atoms with Crippen molar-refractivity contribution >= 4 is 34.1 Å². The lowest BCUT2D eigenvalue weighted by Crippen LogP contribution is -2.48. The van der Waals surface area contributed by atoms with E-state index in [1.54, 1.807) is 5.56 Å².